The van der Waals surface area contributed by atoms with Crippen LogP contribution in [0.25, 0.3) is 11.3 Å². The Kier molecular flexibility index (Phi) is 8.53. The van der Waals surface area contributed by atoms with Crippen molar-refractivity contribution in [1.82, 2.24) is 20.3 Å². The SMILES string of the molecule is COC(=O)Nc1ccc2c(c1)NC(=O)CCc1nc(ccc1F)CC(NC(=O)[C@H]1CC[C@H](C)CC1)c1nc-2c(Cl)[nH]1. The van der Waals surface area contributed by atoms with E-state index in [0.29, 0.717) is 40.1 Å². The normalized spacial score (nSPS) is 20.7. The molecule has 4 N–H and O–H groups in total. The molecule has 1 aliphatic heterocycles. The third kappa shape index (κ3) is 6.67. The molecule has 2 aliphatic rings. The number of aryl methyl sites for hydroxylation is 1. The first kappa shape index (κ1) is 28.5. The number of hydrogen-bond acceptors (Lipinski definition) is 6. The lowest BCUT2D eigenvalue weighted by atomic mass is 9.82. The second kappa shape index (κ2) is 12.3. The van der Waals surface area contributed by atoms with Crippen LogP contribution in [-0.2, 0) is 27.2 Å². The molecular formula is C29H32ClFN6O4. The molecule has 2 aromatic heterocycles. The maximum Gasteiger partial charge on any atom is 0.411 e. The largest absolute Gasteiger partial charge is 0.453 e. The first-order valence-corrected chi connectivity index (χ1v) is 14.1. The Bertz CT molecular complexity index is 1470. The number of hydrogen-bond donors (Lipinski definition) is 4. The number of rotatable bonds is 3. The summed E-state index contributed by atoms with van der Waals surface area (Å²) in [5.41, 5.74) is 2.26. The fourth-order valence-corrected chi connectivity index (χ4v) is 5.55. The van der Waals surface area contributed by atoms with Crippen LogP contribution in [0.4, 0.5) is 20.6 Å². The molecule has 1 fully saturated rings. The van der Waals surface area contributed by atoms with Crippen molar-refractivity contribution < 1.29 is 23.5 Å². The van der Waals surface area contributed by atoms with Gasteiger partial charge in [0, 0.05) is 42.1 Å². The van der Waals surface area contributed by atoms with Crippen LogP contribution in [-0.4, -0.2) is 40.0 Å². The van der Waals surface area contributed by atoms with Gasteiger partial charge in [-0.05, 0) is 61.9 Å². The molecule has 41 heavy (non-hydrogen) atoms. The number of carbonyl (C=O) groups is 3. The maximum absolute atomic E-state index is 14.7. The monoisotopic (exact) mass is 582 g/mol. The number of nitrogens with one attached hydrogen (secondary N) is 4. The summed E-state index contributed by atoms with van der Waals surface area (Å²) in [6.07, 6.45) is 3.23. The van der Waals surface area contributed by atoms with Gasteiger partial charge in [0.25, 0.3) is 0 Å². The Hall–Kier alpha value is -3.99. The van der Waals surface area contributed by atoms with E-state index >= 15 is 0 Å². The number of nitrogens with zero attached hydrogens (tertiary/aromatic N) is 2. The molecule has 216 valence electrons. The highest BCUT2D eigenvalue weighted by Gasteiger charge is 2.29. The first-order valence-electron chi connectivity index (χ1n) is 13.7. The smallest absolute Gasteiger partial charge is 0.411 e. The Labute approximate surface area is 241 Å². The fourth-order valence-electron chi connectivity index (χ4n) is 5.31. The summed E-state index contributed by atoms with van der Waals surface area (Å²) in [5, 5.41) is 8.74. The number of imidazole rings is 1. The summed E-state index contributed by atoms with van der Waals surface area (Å²) >= 11 is 6.65. The number of pyridine rings is 1. The minimum atomic E-state index is -0.676. The van der Waals surface area contributed by atoms with Crippen LogP contribution >= 0.6 is 11.6 Å². The van der Waals surface area contributed by atoms with Crippen molar-refractivity contribution in [3.05, 3.63) is 58.5 Å². The van der Waals surface area contributed by atoms with E-state index in [1.165, 1.54) is 13.2 Å². The number of halogens is 2. The standard InChI is InChI=1S/C29H32ClFN6O4/c1-15-3-5-16(6-4-15)28(39)35-23-14-17-8-10-20(31)21(32-17)11-12-24(38)34-22-13-18(33-29(40)41-2)7-9-19(22)25-26(30)37-27(23)36-25/h7-10,13,15-16,23H,3-6,11-12,14H2,1-2H3,(H,33,40)(H,34,38)(H,35,39)(H,36,37)/t15-,16-,23?. The van der Waals surface area contributed by atoms with E-state index in [2.05, 4.69) is 37.6 Å². The molecular weight excluding hydrogens is 551 g/mol. The molecule has 3 amide bonds. The lowest BCUT2D eigenvalue weighted by Gasteiger charge is -2.27. The van der Waals surface area contributed by atoms with Gasteiger partial charge in [0.2, 0.25) is 11.8 Å². The Balaban J connectivity index is 1.55. The summed E-state index contributed by atoms with van der Waals surface area (Å²) in [6, 6.07) is 7.14. The number of fused-ring (bicyclic) bond motifs is 6. The van der Waals surface area contributed by atoms with Crippen LogP contribution in [0.1, 0.15) is 62.3 Å². The summed E-state index contributed by atoms with van der Waals surface area (Å²) in [5.74, 6) is -0.0575. The number of H-pyrrole nitrogens is 1. The summed E-state index contributed by atoms with van der Waals surface area (Å²) in [4.78, 5) is 50.4. The molecule has 1 atom stereocenters. The van der Waals surface area contributed by atoms with Crippen LogP contribution in [0.3, 0.4) is 0 Å². The minimum Gasteiger partial charge on any atom is -0.453 e. The van der Waals surface area contributed by atoms with Gasteiger partial charge >= 0.3 is 6.09 Å². The Morgan fingerprint density at radius 2 is 1.88 bits per heavy atom. The second-order valence-corrected chi connectivity index (χ2v) is 11.0. The molecule has 12 heteroatoms. The lowest BCUT2D eigenvalue weighted by molar-refractivity contribution is -0.127. The quantitative estimate of drug-likeness (QED) is 0.319. The molecule has 0 radical (unpaired) electrons. The van der Waals surface area contributed by atoms with Gasteiger partial charge in [-0.1, -0.05) is 18.5 Å². The van der Waals surface area contributed by atoms with Crippen LogP contribution in [0.5, 0.6) is 0 Å². The van der Waals surface area contributed by atoms with Crippen molar-refractivity contribution in [2.45, 2.75) is 57.9 Å². The van der Waals surface area contributed by atoms with Crippen LogP contribution < -0.4 is 16.0 Å². The maximum atomic E-state index is 14.7. The molecule has 1 saturated carbocycles. The number of ether oxygens (including phenoxy) is 1. The lowest BCUT2D eigenvalue weighted by Crippen LogP contribution is -2.37. The van der Waals surface area contributed by atoms with Crippen LogP contribution in [0.15, 0.2) is 30.3 Å². The number of benzene rings is 1. The van der Waals surface area contributed by atoms with Gasteiger partial charge in [-0.15, -0.1) is 0 Å². The molecule has 1 unspecified atom stereocenters. The number of anilines is 2. The van der Waals surface area contributed by atoms with Gasteiger partial charge in [-0.3, -0.25) is 19.9 Å². The average Bonchev–Trinajstić information content (AvgIpc) is 3.34. The van der Waals surface area contributed by atoms with Crippen LogP contribution in [0.2, 0.25) is 5.15 Å². The number of aromatic nitrogens is 3. The van der Waals surface area contributed by atoms with E-state index in [9.17, 15) is 18.8 Å². The molecule has 3 aromatic rings. The van der Waals surface area contributed by atoms with E-state index in [1.54, 1.807) is 24.3 Å². The zero-order valence-corrected chi connectivity index (χ0v) is 23.6. The van der Waals surface area contributed by atoms with Gasteiger partial charge in [-0.25, -0.2) is 14.2 Å². The number of amides is 3. The third-order valence-corrected chi connectivity index (χ3v) is 7.94. The van der Waals surface area contributed by atoms with Crippen LogP contribution in [0, 0.1) is 17.7 Å². The predicted octanol–water partition coefficient (Wildman–Crippen LogP) is 5.55. The summed E-state index contributed by atoms with van der Waals surface area (Å²) < 4.78 is 19.3. The fraction of sp³-hybridized carbons (Fsp3) is 0.414. The van der Waals surface area contributed by atoms with E-state index < -0.39 is 18.0 Å². The molecule has 0 spiro atoms. The third-order valence-electron chi connectivity index (χ3n) is 7.67. The highest BCUT2D eigenvalue weighted by molar-refractivity contribution is 6.32. The molecule has 1 aromatic carbocycles. The van der Waals surface area contributed by atoms with Gasteiger partial charge in [0.15, 0.2) is 0 Å². The van der Waals surface area contributed by atoms with Crippen molar-refractivity contribution in [2.24, 2.45) is 11.8 Å². The molecule has 4 bridgehead atoms. The predicted molar refractivity (Wildman–Crippen MR) is 152 cm³/mol. The zero-order valence-electron chi connectivity index (χ0n) is 22.9. The van der Waals surface area contributed by atoms with E-state index in [-0.39, 0.29) is 47.8 Å². The van der Waals surface area contributed by atoms with Gasteiger partial charge in [0.05, 0.1) is 24.5 Å². The van der Waals surface area contributed by atoms with Crippen molar-refractivity contribution in [3.63, 3.8) is 0 Å². The number of methoxy groups -OCH3 is 1. The van der Waals surface area contributed by atoms with E-state index in [4.69, 9.17) is 16.6 Å². The topological polar surface area (TPSA) is 138 Å². The molecule has 1 aliphatic carbocycles. The average molecular weight is 583 g/mol. The minimum absolute atomic E-state index is 0.0404. The summed E-state index contributed by atoms with van der Waals surface area (Å²) in [6.45, 7) is 2.20. The van der Waals surface area contributed by atoms with Gasteiger partial charge in [0.1, 0.15) is 22.5 Å². The molecule has 0 saturated heterocycles. The summed E-state index contributed by atoms with van der Waals surface area (Å²) in [7, 11) is 1.24. The second-order valence-electron chi connectivity index (χ2n) is 10.7. The first-order chi connectivity index (χ1) is 19.7. The van der Waals surface area contributed by atoms with Crippen molar-refractivity contribution >= 4 is 40.9 Å². The number of carbonyl (C=O) groups excluding carboxylic acids is 3. The highest BCUT2D eigenvalue weighted by Crippen LogP contribution is 2.36. The van der Waals surface area contributed by atoms with Gasteiger partial charge in [-0.2, -0.15) is 0 Å². The van der Waals surface area contributed by atoms with E-state index in [0.717, 1.165) is 25.7 Å². The Morgan fingerprint density at radius 3 is 2.63 bits per heavy atom. The molecule has 3 heterocycles. The van der Waals surface area contributed by atoms with Crippen molar-refractivity contribution in [2.75, 3.05) is 17.7 Å². The molecule has 5 rings (SSSR count). The Morgan fingerprint density at radius 1 is 1.10 bits per heavy atom. The van der Waals surface area contributed by atoms with Crippen molar-refractivity contribution in [1.29, 1.82) is 0 Å². The van der Waals surface area contributed by atoms with E-state index in [1.807, 2.05) is 0 Å². The zero-order chi connectivity index (χ0) is 29.1. The number of aromatic amines is 1. The van der Waals surface area contributed by atoms with Gasteiger partial charge < -0.3 is 20.4 Å². The van der Waals surface area contributed by atoms with Crippen molar-refractivity contribution in [3.8, 4) is 11.3 Å². The molecule has 10 nitrogen and oxygen atoms in total. The highest BCUT2D eigenvalue weighted by atomic mass is 35.5.